The number of anilines is 1. The average Bonchev–Trinajstić information content (AvgIpc) is 2.81. The Bertz CT molecular complexity index is 725. The van der Waals surface area contributed by atoms with Crippen LogP contribution >= 0.6 is 31.9 Å². The summed E-state index contributed by atoms with van der Waals surface area (Å²) in [5, 5.41) is 0. The van der Waals surface area contributed by atoms with Crippen molar-refractivity contribution in [3.05, 3.63) is 39.5 Å². The molecule has 6 heteroatoms. The topological polar surface area (TPSA) is 64.9 Å². The Hall–Kier alpha value is -1.40. The Morgan fingerprint density at radius 2 is 1.89 bits per heavy atom. The van der Waals surface area contributed by atoms with Gasteiger partial charge in [0, 0.05) is 22.4 Å². The monoisotopic (exact) mass is 367 g/mol. The number of rotatable bonds is 1. The fraction of sp³-hybridized carbons (Fsp3) is 0. The molecule has 3 rings (SSSR count). The predicted molar refractivity (Wildman–Crippen MR) is 77.1 cm³/mol. The summed E-state index contributed by atoms with van der Waals surface area (Å²) < 4.78 is 7.23. The molecule has 18 heavy (non-hydrogen) atoms. The van der Waals surface area contributed by atoms with Crippen LogP contribution in [-0.2, 0) is 0 Å². The van der Waals surface area contributed by atoms with Gasteiger partial charge in [-0.15, -0.1) is 0 Å². The third kappa shape index (κ3) is 1.81. The van der Waals surface area contributed by atoms with Gasteiger partial charge in [0.15, 0.2) is 5.58 Å². The molecular formula is C12H7Br2N3O. The minimum absolute atomic E-state index is 0.547. The molecule has 0 saturated carbocycles. The molecule has 0 atom stereocenters. The maximum absolute atomic E-state index is 5.91. The standard InChI is InChI=1S/C12H7Br2N3O/c13-7-5-8-11(9(14)10(7)15)17-12(18-8)6-1-3-16-4-2-6/h1-5H,15H2. The van der Waals surface area contributed by atoms with Crippen molar-refractivity contribution in [3.8, 4) is 11.5 Å². The van der Waals surface area contributed by atoms with Crippen LogP contribution in [0.1, 0.15) is 0 Å². The molecule has 0 aliphatic carbocycles. The van der Waals surface area contributed by atoms with Gasteiger partial charge in [-0.25, -0.2) is 4.98 Å². The van der Waals surface area contributed by atoms with Crippen LogP contribution in [0.4, 0.5) is 5.69 Å². The van der Waals surface area contributed by atoms with E-state index in [4.69, 9.17) is 10.2 Å². The highest BCUT2D eigenvalue weighted by Gasteiger charge is 2.14. The number of hydrogen-bond acceptors (Lipinski definition) is 4. The van der Waals surface area contributed by atoms with Crippen LogP contribution in [0, 0.1) is 0 Å². The van der Waals surface area contributed by atoms with E-state index in [9.17, 15) is 0 Å². The molecule has 2 aromatic heterocycles. The first-order valence-electron chi connectivity index (χ1n) is 5.11. The van der Waals surface area contributed by atoms with Gasteiger partial charge in [0.2, 0.25) is 5.89 Å². The molecule has 0 unspecified atom stereocenters. The maximum Gasteiger partial charge on any atom is 0.227 e. The van der Waals surface area contributed by atoms with Gasteiger partial charge in [0.1, 0.15) is 5.52 Å². The van der Waals surface area contributed by atoms with Crippen molar-refractivity contribution in [2.75, 3.05) is 5.73 Å². The van der Waals surface area contributed by atoms with Crippen LogP contribution < -0.4 is 5.73 Å². The van der Waals surface area contributed by atoms with Crippen molar-refractivity contribution < 1.29 is 4.42 Å². The maximum atomic E-state index is 5.91. The molecule has 2 heterocycles. The smallest absolute Gasteiger partial charge is 0.227 e. The Morgan fingerprint density at radius 1 is 1.17 bits per heavy atom. The number of nitrogens with zero attached hydrogens (tertiary/aromatic N) is 2. The van der Waals surface area contributed by atoms with Gasteiger partial charge in [-0.2, -0.15) is 0 Å². The van der Waals surface area contributed by atoms with E-state index in [2.05, 4.69) is 41.8 Å². The first-order valence-corrected chi connectivity index (χ1v) is 6.70. The van der Waals surface area contributed by atoms with Crippen molar-refractivity contribution in [3.63, 3.8) is 0 Å². The van der Waals surface area contributed by atoms with Crippen molar-refractivity contribution in [1.82, 2.24) is 9.97 Å². The largest absolute Gasteiger partial charge is 0.436 e. The molecule has 3 aromatic rings. The summed E-state index contributed by atoms with van der Waals surface area (Å²) in [5.41, 5.74) is 8.78. The van der Waals surface area contributed by atoms with E-state index in [0.717, 1.165) is 14.5 Å². The quantitative estimate of drug-likeness (QED) is 0.659. The molecule has 0 bridgehead atoms. The van der Waals surface area contributed by atoms with Gasteiger partial charge in [0.05, 0.1) is 10.2 Å². The Labute approximate surface area is 119 Å². The second-order valence-corrected chi connectivity index (χ2v) is 5.34. The molecule has 2 N–H and O–H groups in total. The number of benzene rings is 1. The number of aromatic nitrogens is 2. The van der Waals surface area contributed by atoms with Crippen LogP contribution in [0.5, 0.6) is 0 Å². The van der Waals surface area contributed by atoms with Crippen LogP contribution in [0.25, 0.3) is 22.6 Å². The number of oxazole rings is 1. The van der Waals surface area contributed by atoms with E-state index >= 15 is 0 Å². The van der Waals surface area contributed by atoms with E-state index in [1.165, 1.54) is 0 Å². The van der Waals surface area contributed by atoms with Crippen molar-refractivity contribution in [2.24, 2.45) is 0 Å². The van der Waals surface area contributed by atoms with Gasteiger partial charge in [0.25, 0.3) is 0 Å². The lowest BCUT2D eigenvalue weighted by molar-refractivity contribution is 0.619. The molecule has 0 radical (unpaired) electrons. The lowest BCUT2D eigenvalue weighted by Gasteiger charge is -1.99. The highest BCUT2D eigenvalue weighted by atomic mass is 79.9. The van der Waals surface area contributed by atoms with Gasteiger partial charge in [-0.3, -0.25) is 4.98 Å². The summed E-state index contributed by atoms with van der Waals surface area (Å²) >= 11 is 6.81. The van der Waals surface area contributed by atoms with Crippen molar-refractivity contribution in [2.45, 2.75) is 0 Å². The fourth-order valence-electron chi connectivity index (χ4n) is 1.63. The van der Waals surface area contributed by atoms with Crippen LogP contribution in [0.2, 0.25) is 0 Å². The molecule has 0 aliphatic heterocycles. The number of pyridine rings is 1. The molecule has 0 fully saturated rings. The molecule has 0 saturated heterocycles. The first-order chi connectivity index (χ1) is 8.66. The van der Waals surface area contributed by atoms with Gasteiger partial charge in [-0.1, -0.05) is 0 Å². The minimum atomic E-state index is 0.547. The van der Waals surface area contributed by atoms with Gasteiger partial charge >= 0.3 is 0 Å². The minimum Gasteiger partial charge on any atom is -0.436 e. The number of nitrogens with two attached hydrogens (primary N) is 1. The van der Waals surface area contributed by atoms with Crippen LogP contribution in [-0.4, -0.2) is 9.97 Å². The van der Waals surface area contributed by atoms with E-state index in [0.29, 0.717) is 22.7 Å². The van der Waals surface area contributed by atoms with Crippen molar-refractivity contribution >= 4 is 48.6 Å². The zero-order valence-electron chi connectivity index (χ0n) is 9.02. The zero-order valence-corrected chi connectivity index (χ0v) is 12.2. The summed E-state index contributed by atoms with van der Waals surface area (Å²) in [5.74, 6) is 0.547. The second-order valence-electron chi connectivity index (χ2n) is 3.69. The Balaban J connectivity index is 2.27. The van der Waals surface area contributed by atoms with E-state index < -0.39 is 0 Å². The van der Waals surface area contributed by atoms with E-state index in [-0.39, 0.29) is 0 Å². The molecule has 0 spiro atoms. The zero-order chi connectivity index (χ0) is 12.7. The number of nitrogen functional groups attached to an aromatic ring is 1. The number of halogens is 2. The fourth-order valence-corrected chi connectivity index (χ4v) is 2.80. The number of hydrogen-bond donors (Lipinski definition) is 1. The highest BCUT2D eigenvalue weighted by molar-refractivity contribution is 9.11. The summed E-state index contributed by atoms with van der Waals surface area (Å²) in [6.45, 7) is 0. The highest BCUT2D eigenvalue weighted by Crippen LogP contribution is 2.37. The number of fused-ring (bicyclic) bond motifs is 1. The summed E-state index contributed by atoms with van der Waals surface area (Å²) in [7, 11) is 0. The summed E-state index contributed by atoms with van der Waals surface area (Å²) in [6.07, 6.45) is 3.40. The first kappa shape index (κ1) is 11.7. The summed E-state index contributed by atoms with van der Waals surface area (Å²) in [6, 6.07) is 5.50. The average molecular weight is 369 g/mol. The molecule has 0 amide bonds. The molecule has 90 valence electrons. The SMILES string of the molecule is Nc1c(Br)cc2oc(-c3ccncc3)nc2c1Br. The van der Waals surface area contributed by atoms with Gasteiger partial charge in [-0.05, 0) is 50.1 Å². The van der Waals surface area contributed by atoms with Crippen LogP contribution in [0.3, 0.4) is 0 Å². The van der Waals surface area contributed by atoms with Gasteiger partial charge < -0.3 is 10.2 Å². The predicted octanol–water partition coefficient (Wildman–Crippen LogP) is 4.00. The Morgan fingerprint density at radius 3 is 2.61 bits per heavy atom. The molecule has 1 aromatic carbocycles. The van der Waals surface area contributed by atoms with E-state index in [1.54, 1.807) is 12.4 Å². The third-order valence-corrected chi connectivity index (χ3v) is 4.00. The lowest BCUT2D eigenvalue weighted by atomic mass is 10.3. The second kappa shape index (κ2) is 4.37. The van der Waals surface area contributed by atoms with E-state index in [1.807, 2.05) is 18.2 Å². The molecule has 0 aliphatic rings. The van der Waals surface area contributed by atoms with Crippen LogP contribution in [0.15, 0.2) is 44.0 Å². The van der Waals surface area contributed by atoms with Crippen molar-refractivity contribution in [1.29, 1.82) is 0 Å². The Kier molecular flexibility index (Phi) is 2.83. The normalized spacial score (nSPS) is 11.0. The molecule has 4 nitrogen and oxygen atoms in total. The third-order valence-electron chi connectivity index (χ3n) is 2.54. The lowest BCUT2D eigenvalue weighted by Crippen LogP contribution is -1.88. The molecular weight excluding hydrogens is 362 g/mol. The summed E-state index contributed by atoms with van der Waals surface area (Å²) in [4.78, 5) is 8.41.